The summed E-state index contributed by atoms with van der Waals surface area (Å²) >= 11 is 0. The summed E-state index contributed by atoms with van der Waals surface area (Å²) in [7, 11) is 1.65. The van der Waals surface area contributed by atoms with E-state index in [0.717, 1.165) is 5.71 Å². The number of nitrogens with zero attached hydrogens (tertiary/aromatic N) is 2. The van der Waals surface area contributed by atoms with Crippen LogP contribution < -0.4 is 5.73 Å². The molecule has 11 heavy (non-hydrogen) atoms. The van der Waals surface area contributed by atoms with Crippen LogP contribution in [-0.2, 0) is 4.79 Å². The van der Waals surface area contributed by atoms with Gasteiger partial charge in [-0.25, -0.2) is 5.01 Å². The number of hydrogen-bond acceptors (Lipinski definition) is 3. The molecule has 0 bridgehead atoms. The highest BCUT2D eigenvalue weighted by molar-refractivity contribution is 6.09. The summed E-state index contributed by atoms with van der Waals surface area (Å²) in [5.74, 6) is -0.114. The Labute approximate surface area is 66.0 Å². The smallest absolute Gasteiger partial charge is 0.251 e. The summed E-state index contributed by atoms with van der Waals surface area (Å²) < 4.78 is 0. The third-order valence-corrected chi connectivity index (χ3v) is 1.87. The highest BCUT2D eigenvalue weighted by atomic mass is 16.2. The van der Waals surface area contributed by atoms with Gasteiger partial charge in [0.1, 0.15) is 0 Å². The van der Waals surface area contributed by atoms with Crippen LogP contribution in [0.1, 0.15) is 13.8 Å². The second-order valence-electron chi connectivity index (χ2n) is 2.90. The summed E-state index contributed by atoms with van der Waals surface area (Å²) in [6, 6.07) is -0.126. The van der Waals surface area contributed by atoms with E-state index in [2.05, 4.69) is 5.10 Å². The van der Waals surface area contributed by atoms with E-state index in [0.29, 0.717) is 0 Å². The monoisotopic (exact) mass is 155 g/mol. The highest BCUT2D eigenvalue weighted by Crippen LogP contribution is 2.14. The molecule has 4 nitrogen and oxygen atoms in total. The Kier molecular flexibility index (Phi) is 1.95. The van der Waals surface area contributed by atoms with Crippen LogP contribution in [0.2, 0.25) is 0 Å². The van der Waals surface area contributed by atoms with Crippen LogP contribution in [0, 0.1) is 5.92 Å². The minimum absolute atomic E-state index is 0.0253. The van der Waals surface area contributed by atoms with E-state index in [1.54, 1.807) is 7.05 Å². The third-order valence-electron chi connectivity index (χ3n) is 1.87. The van der Waals surface area contributed by atoms with Gasteiger partial charge in [0.05, 0.1) is 11.6 Å². The van der Waals surface area contributed by atoms with Crippen LogP contribution >= 0.6 is 0 Å². The summed E-state index contributed by atoms with van der Waals surface area (Å²) in [6.45, 7) is 3.66. The molecule has 62 valence electrons. The Hall–Kier alpha value is -0.900. The molecule has 0 aromatic carbocycles. The molecule has 1 amide bonds. The van der Waals surface area contributed by atoms with Crippen molar-refractivity contribution in [2.45, 2.75) is 19.9 Å². The van der Waals surface area contributed by atoms with Crippen LogP contribution in [0.15, 0.2) is 5.10 Å². The molecule has 1 aliphatic rings. The molecule has 1 aliphatic heterocycles. The number of amides is 1. The lowest BCUT2D eigenvalue weighted by Crippen LogP contribution is -2.32. The average molecular weight is 155 g/mol. The van der Waals surface area contributed by atoms with Crippen molar-refractivity contribution in [3.05, 3.63) is 0 Å². The van der Waals surface area contributed by atoms with Crippen molar-refractivity contribution in [3.63, 3.8) is 0 Å². The Bertz CT molecular complexity index is 210. The molecule has 0 spiro atoms. The van der Waals surface area contributed by atoms with Crippen molar-refractivity contribution in [2.75, 3.05) is 7.05 Å². The number of hydrazone groups is 1. The van der Waals surface area contributed by atoms with Crippen LogP contribution in [0.5, 0.6) is 0 Å². The SMILES string of the molecule is CC1C(=O)N(C)N=C1[C@H](C)N. The van der Waals surface area contributed by atoms with Gasteiger partial charge in [-0.1, -0.05) is 0 Å². The molecule has 0 fully saturated rings. The number of hydrogen-bond donors (Lipinski definition) is 1. The molecule has 0 aromatic heterocycles. The Morgan fingerprint density at radius 1 is 1.73 bits per heavy atom. The van der Waals surface area contributed by atoms with Gasteiger partial charge in [0.2, 0.25) is 0 Å². The molecule has 1 rings (SSSR count). The van der Waals surface area contributed by atoms with Crippen molar-refractivity contribution in [2.24, 2.45) is 16.8 Å². The maximum Gasteiger partial charge on any atom is 0.251 e. The first-order chi connectivity index (χ1) is 5.04. The number of carbonyl (C=O) groups excluding carboxylic acids is 1. The molecule has 4 heteroatoms. The van der Waals surface area contributed by atoms with Crippen molar-refractivity contribution in [1.82, 2.24) is 5.01 Å². The fraction of sp³-hybridized carbons (Fsp3) is 0.714. The molecule has 0 saturated carbocycles. The molecule has 0 saturated heterocycles. The zero-order chi connectivity index (χ0) is 8.59. The van der Waals surface area contributed by atoms with Crippen molar-refractivity contribution in [3.8, 4) is 0 Å². The zero-order valence-corrected chi connectivity index (χ0v) is 7.03. The maximum atomic E-state index is 11.2. The van der Waals surface area contributed by atoms with Crippen molar-refractivity contribution >= 4 is 11.6 Å². The van der Waals surface area contributed by atoms with E-state index in [1.807, 2.05) is 13.8 Å². The van der Waals surface area contributed by atoms with Gasteiger partial charge in [-0.15, -0.1) is 0 Å². The molecule has 2 atom stereocenters. The number of rotatable bonds is 1. The Balaban J connectivity index is 2.83. The minimum Gasteiger partial charge on any atom is -0.323 e. The summed E-state index contributed by atoms with van der Waals surface area (Å²) in [4.78, 5) is 11.2. The standard InChI is InChI=1S/C7H13N3O/c1-4-6(5(2)8)9-10(3)7(4)11/h4-5H,8H2,1-3H3/t4?,5-/m0/s1. The average Bonchev–Trinajstić information content (AvgIpc) is 2.17. The van der Waals surface area contributed by atoms with Gasteiger partial charge in [0.15, 0.2) is 0 Å². The van der Waals surface area contributed by atoms with Gasteiger partial charge in [-0.05, 0) is 13.8 Å². The first-order valence-corrected chi connectivity index (χ1v) is 3.65. The predicted molar refractivity (Wildman–Crippen MR) is 43.0 cm³/mol. The normalized spacial score (nSPS) is 27.3. The van der Waals surface area contributed by atoms with Gasteiger partial charge in [0, 0.05) is 13.1 Å². The minimum atomic E-state index is -0.139. The van der Waals surface area contributed by atoms with E-state index in [-0.39, 0.29) is 17.9 Å². The van der Waals surface area contributed by atoms with Crippen LogP contribution in [0.3, 0.4) is 0 Å². The van der Waals surface area contributed by atoms with E-state index in [9.17, 15) is 4.79 Å². The fourth-order valence-corrected chi connectivity index (χ4v) is 1.20. The van der Waals surface area contributed by atoms with E-state index in [4.69, 9.17) is 5.73 Å². The fourth-order valence-electron chi connectivity index (χ4n) is 1.20. The first kappa shape index (κ1) is 8.20. The van der Waals surface area contributed by atoms with E-state index in [1.165, 1.54) is 5.01 Å². The van der Waals surface area contributed by atoms with Gasteiger partial charge >= 0.3 is 0 Å². The van der Waals surface area contributed by atoms with Gasteiger partial charge in [0.25, 0.3) is 5.91 Å². The lowest BCUT2D eigenvalue weighted by molar-refractivity contribution is -0.130. The maximum absolute atomic E-state index is 11.2. The molecule has 0 aliphatic carbocycles. The van der Waals surface area contributed by atoms with E-state index >= 15 is 0 Å². The number of nitrogens with two attached hydrogens (primary N) is 1. The Morgan fingerprint density at radius 3 is 2.45 bits per heavy atom. The Morgan fingerprint density at radius 2 is 2.27 bits per heavy atom. The zero-order valence-electron chi connectivity index (χ0n) is 7.03. The molecule has 2 N–H and O–H groups in total. The van der Waals surface area contributed by atoms with Gasteiger partial charge in [-0.3, -0.25) is 4.79 Å². The van der Waals surface area contributed by atoms with Gasteiger partial charge < -0.3 is 5.73 Å². The molecular weight excluding hydrogens is 142 g/mol. The first-order valence-electron chi connectivity index (χ1n) is 3.65. The summed E-state index contributed by atoms with van der Waals surface area (Å²) in [5, 5.41) is 5.38. The number of carbonyl (C=O) groups is 1. The second kappa shape index (κ2) is 2.62. The van der Waals surface area contributed by atoms with Crippen LogP contribution in [-0.4, -0.2) is 29.7 Å². The highest BCUT2D eigenvalue weighted by Gasteiger charge is 2.31. The summed E-state index contributed by atoms with van der Waals surface area (Å²) in [5.41, 5.74) is 6.38. The molecule has 1 heterocycles. The predicted octanol–water partition coefficient (Wildman–Crippen LogP) is -0.202. The lowest BCUT2D eigenvalue weighted by Gasteiger charge is -2.06. The van der Waals surface area contributed by atoms with Crippen LogP contribution in [0.4, 0.5) is 0 Å². The van der Waals surface area contributed by atoms with Crippen LogP contribution in [0.25, 0.3) is 0 Å². The summed E-state index contributed by atoms with van der Waals surface area (Å²) in [6.07, 6.45) is 0. The second-order valence-corrected chi connectivity index (χ2v) is 2.90. The largest absolute Gasteiger partial charge is 0.323 e. The van der Waals surface area contributed by atoms with Crippen molar-refractivity contribution in [1.29, 1.82) is 0 Å². The molecule has 1 unspecified atom stereocenters. The van der Waals surface area contributed by atoms with Gasteiger partial charge in [-0.2, -0.15) is 5.10 Å². The van der Waals surface area contributed by atoms with E-state index < -0.39 is 0 Å². The topological polar surface area (TPSA) is 58.7 Å². The molecule has 0 radical (unpaired) electrons. The molecular formula is C7H13N3O. The molecule has 0 aromatic rings. The lowest BCUT2D eigenvalue weighted by atomic mass is 10.0. The van der Waals surface area contributed by atoms with Crippen molar-refractivity contribution < 1.29 is 4.79 Å². The quantitative estimate of drug-likeness (QED) is 0.570. The third kappa shape index (κ3) is 1.26.